The van der Waals surface area contributed by atoms with Crippen molar-refractivity contribution >= 4 is 23.6 Å². The number of fused-ring (bicyclic) bond motifs is 1. The molecule has 3 rings (SSSR count). The second-order valence-electron chi connectivity index (χ2n) is 5.13. The van der Waals surface area contributed by atoms with Gasteiger partial charge in [-0.25, -0.2) is 0 Å². The fraction of sp³-hybridized carbons (Fsp3) is 0.111. The summed E-state index contributed by atoms with van der Waals surface area (Å²) in [4.78, 5) is 14.3. The number of benzene rings is 2. The quantitative estimate of drug-likeness (QED) is 0.782. The second-order valence-corrected chi connectivity index (χ2v) is 5.56. The molecule has 3 nitrogen and oxygen atoms in total. The number of nitrogens with zero attached hydrogens (tertiary/aromatic N) is 2. The number of allylic oxidation sites excluding steroid dienone is 1. The highest BCUT2D eigenvalue weighted by molar-refractivity contribution is 6.30. The van der Waals surface area contributed by atoms with Gasteiger partial charge in [0.05, 0.1) is 6.07 Å². The first-order chi connectivity index (χ1) is 10.6. The van der Waals surface area contributed by atoms with E-state index in [0.717, 1.165) is 16.8 Å². The maximum Gasteiger partial charge on any atom is 0.259 e. The van der Waals surface area contributed by atoms with Crippen LogP contribution in [0, 0.1) is 11.3 Å². The molecule has 0 aromatic heterocycles. The Labute approximate surface area is 134 Å². The molecule has 2 aromatic carbocycles. The van der Waals surface area contributed by atoms with Crippen LogP contribution < -0.4 is 0 Å². The second kappa shape index (κ2) is 5.67. The zero-order valence-corrected chi connectivity index (χ0v) is 12.7. The van der Waals surface area contributed by atoms with Crippen LogP contribution in [-0.2, 0) is 0 Å². The Morgan fingerprint density at radius 1 is 1.18 bits per heavy atom. The molecule has 0 bridgehead atoms. The molecule has 0 saturated heterocycles. The Balaban J connectivity index is 2.05. The first-order valence-electron chi connectivity index (χ1n) is 6.88. The number of hydrogen-bond donors (Lipinski definition) is 0. The van der Waals surface area contributed by atoms with Gasteiger partial charge in [-0.05, 0) is 48.4 Å². The van der Waals surface area contributed by atoms with Crippen molar-refractivity contribution in [3.05, 3.63) is 75.9 Å². The molecule has 1 aliphatic rings. The summed E-state index contributed by atoms with van der Waals surface area (Å²) in [6, 6.07) is 16.0. The maximum absolute atomic E-state index is 12.8. The minimum atomic E-state index is -0.621. The predicted octanol–water partition coefficient (Wildman–Crippen LogP) is 4.42. The van der Waals surface area contributed by atoms with E-state index in [1.165, 1.54) is 4.90 Å². The molecule has 1 unspecified atom stereocenters. The Morgan fingerprint density at radius 3 is 2.55 bits per heavy atom. The van der Waals surface area contributed by atoms with Crippen molar-refractivity contribution < 1.29 is 4.79 Å². The average Bonchev–Trinajstić information content (AvgIpc) is 2.53. The van der Waals surface area contributed by atoms with E-state index in [2.05, 4.69) is 6.07 Å². The summed E-state index contributed by atoms with van der Waals surface area (Å²) in [7, 11) is 0. The number of nitriles is 1. The summed E-state index contributed by atoms with van der Waals surface area (Å²) in [5.41, 5.74) is 3.09. The number of rotatable bonds is 1. The Morgan fingerprint density at radius 2 is 1.86 bits per heavy atom. The molecule has 0 saturated carbocycles. The first kappa shape index (κ1) is 14.4. The fourth-order valence-electron chi connectivity index (χ4n) is 2.66. The molecule has 108 valence electrons. The van der Waals surface area contributed by atoms with Crippen molar-refractivity contribution in [2.75, 3.05) is 0 Å². The average molecular weight is 309 g/mol. The van der Waals surface area contributed by atoms with Crippen LogP contribution >= 0.6 is 11.6 Å². The molecule has 0 aliphatic carbocycles. The smallest absolute Gasteiger partial charge is 0.259 e. The lowest BCUT2D eigenvalue weighted by Crippen LogP contribution is -2.35. The van der Waals surface area contributed by atoms with Crippen molar-refractivity contribution in [1.29, 1.82) is 5.26 Å². The monoisotopic (exact) mass is 308 g/mol. The number of carbonyl (C=O) groups is 1. The van der Waals surface area contributed by atoms with Crippen molar-refractivity contribution in [3.8, 4) is 6.07 Å². The van der Waals surface area contributed by atoms with Crippen LogP contribution in [0.3, 0.4) is 0 Å². The van der Waals surface area contributed by atoms with Crippen molar-refractivity contribution in [2.24, 2.45) is 0 Å². The normalized spacial score (nSPS) is 16.5. The topological polar surface area (TPSA) is 44.1 Å². The van der Waals surface area contributed by atoms with Crippen LogP contribution in [0.2, 0.25) is 5.02 Å². The van der Waals surface area contributed by atoms with Crippen LogP contribution in [0.5, 0.6) is 0 Å². The van der Waals surface area contributed by atoms with Crippen LogP contribution in [0.25, 0.3) is 6.08 Å². The minimum absolute atomic E-state index is 0.202. The van der Waals surface area contributed by atoms with Gasteiger partial charge in [0.2, 0.25) is 0 Å². The van der Waals surface area contributed by atoms with Crippen LogP contribution in [0.15, 0.2) is 54.2 Å². The van der Waals surface area contributed by atoms with Gasteiger partial charge in [0.1, 0.15) is 6.04 Å². The van der Waals surface area contributed by atoms with E-state index >= 15 is 0 Å². The van der Waals surface area contributed by atoms with Gasteiger partial charge >= 0.3 is 0 Å². The zero-order chi connectivity index (χ0) is 15.7. The standard InChI is InChI=1S/C18H13ClN2O/c1-12-10-14-4-2-3-5-16(14)17(11-20)21(12)18(22)13-6-8-15(19)9-7-13/h2-10,17H,1H3. The Hall–Kier alpha value is -2.57. The predicted molar refractivity (Wildman–Crippen MR) is 86.1 cm³/mol. The third-order valence-corrected chi connectivity index (χ3v) is 3.98. The molecule has 4 heteroatoms. The van der Waals surface area contributed by atoms with Gasteiger partial charge < -0.3 is 0 Å². The molecule has 1 amide bonds. The molecule has 0 radical (unpaired) electrons. The first-order valence-corrected chi connectivity index (χ1v) is 7.25. The van der Waals surface area contributed by atoms with Crippen LogP contribution in [0.4, 0.5) is 0 Å². The molecule has 0 N–H and O–H groups in total. The molecule has 1 aliphatic heterocycles. The molecule has 2 aromatic rings. The van der Waals surface area contributed by atoms with Gasteiger partial charge in [0, 0.05) is 16.3 Å². The molecule has 22 heavy (non-hydrogen) atoms. The van der Waals surface area contributed by atoms with E-state index in [0.29, 0.717) is 10.6 Å². The number of halogens is 1. The minimum Gasteiger partial charge on any atom is -0.292 e. The van der Waals surface area contributed by atoms with Crippen molar-refractivity contribution in [3.63, 3.8) is 0 Å². The largest absolute Gasteiger partial charge is 0.292 e. The lowest BCUT2D eigenvalue weighted by Gasteiger charge is -2.32. The van der Waals surface area contributed by atoms with Crippen molar-refractivity contribution in [1.82, 2.24) is 4.90 Å². The maximum atomic E-state index is 12.8. The lowest BCUT2D eigenvalue weighted by atomic mass is 9.94. The summed E-state index contributed by atoms with van der Waals surface area (Å²) in [5, 5.41) is 10.1. The van der Waals surface area contributed by atoms with Crippen LogP contribution in [-0.4, -0.2) is 10.8 Å². The van der Waals surface area contributed by atoms with Gasteiger partial charge in [-0.1, -0.05) is 35.9 Å². The molecule has 1 heterocycles. The fourth-order valence-corrected chi connectivity index (χ4v) is 2.79. The van der Waals surface area contributed by atoms with Gasteiger partial charge in [-0.15, -0.1) is 0 Å². The molecular weight excluding hydrogens is 296 g/mol. The molecule has 0 fully saturated rings. The van der Waals surface area contributed by atoms with Gasteiger partial charge in [-0.2, -0.15) is 5.26 Å². The molecule has 1 atom stereocenters. The molecule has 0 spiro atoms. The Bertz CT molecular complexity index is 803. The highest BCUT2D eigenvalue weighted by Crippen LogP contribution is 2.34. The zero-order valence-electron chi connectivity index (χ0n) is 12.0. The third-order valence-electron chi connectivity index (χ3n) is 3.73. The number of carbonyl (C=O) groups excluding carboxylic acids is 1. The van der Waals surface area contributed by atoms with E-state index in [9.17, 15) is 10.1 Å². The third kappa shape index (κ3) is 2.38. The lowest BCUT2D eigenvalue weighted by molar-refractivity contribution is 0.0775. The SMILES string of the molecule is CC1=Cc2ccccc2C(C#N)N1C(=O)c1ccc(Cl)cc1. The highest BCUT2D eigenvalue weighted by atomic mass is 35.5. The molecular formula is C18H13ClN2O. The van der Waals surface area contributed by atoms with E-state index in [-0.39, 0.29) is 5.91 Å². The van der Waals surface area contributed by atoms with Crippen LogP contribution in [0.1, 0.15) is 34.5 Å². The summed E-state index contributed by atoms with van der Waals surface area (Å²) in [5.74, 6) is -0.202. The summed E-state index contributed by atoms with van der Waals surface area (Å²) < 4.78 is 0. The van der Waals surface area contributed by atoms with Gasteiger partial charge in [0.25, 0.3) is 5.91 Å². The summed E-state index contributed by atoms with van der Waals surface area (Å²) in [6.45, 7) is 1.84. The van der Waals surface area contributed by atoms with E-state index in [1.807, 2.05) is 37.3 Å². The summed E-state index contributed by atoms with van der Waals surface area (Å²) in [6.07, 6.45) is 1.93. The van der Waals surface area contributed by atoms with E-state index in [1.54, 1.807) is 24.3 Å². The Kier molecular flexibility index (Phi) is 3.70. The van der Waals surface area contributed by atoms with E-state index in [4.69, 9.17) is 11.6 Å². The summed E-state index contributed by atoms with van der Waals surface area (Å²) >= 11 is 5.87. The van der Waals surface area contributed by atoms with Gasteiger partial charge in [-0.3, -0.25) is 9.69 Å². The van der Waals surface area contributed by atoms with Crippen molar-refractivity contribution in [2.45, 2.75) is 13.0 Å². The van der Waals surface area contributed by atoms with Gasteiger partial charge in [0.15, 0.2) is 0 Å². The number of amides is 1. The van der Waals surface area contributed by atoms with E-state index < -0.39 is 6.04 Å². The number of hydrogen-bond acceptors (Lipinski definition) is 2. The highest BCUT2D eigenvalue weighted by Gasteiger charge is 2.31.